The third-order valence-corrected chi connectivity index (χ3v) is 8.74. The monoisotopic (exact) mass is 483 g/mol. The highest BCUT2D eigenvalue weighted by atomic mass is 32.2. The van der Waals surface area contributed by atoms with Crippen LogP contribution < -0.4 is 10.2 Å². The van der Waals surface area contributed by atoms with Crippen molar-refractivity contribution in [3.05, 3.63) is 59.2 Å². The Hall–Kier alpha value is -2.71. The van der Waals surface area contributed by atoms with Crippen molar-refractivity contribution in [2.45, 2.75) is 57.4 Å². The van der Waals surface area contributed by atoms with Gasteiger partial charge in [0.15, 0.2) is 0 Å². The van der Waals surface area contributed by atoms with Gasteiger partial charge in [-0.1, -0.05) is 44.2 Å². The van der Waals surface area contributed by atoms with Crippen molar-refractivity contribution in [1.29, 1.82) is 0 Å². The van der Waals surface area contributed by atoms with Crippen LogP contribution in [-0.4, -0.2) is 44.2 Å². The van der Waals surface area contributed by atoms with Gasteiger partial charge in [0.2, 0.25) is 21.8 Å². The predicted molar refractivity (Wildman–Crippen MR) is 132 cm³/mol. The van der Waals surface area contributed by atoms with E-state index in [0.717, 1.165) is 48.1 Å². The highest BCUT2D eigenvalue weighted by molar-refractivity contribution is 7.89. The highest BCUT2D eigenvalue weighted by Gasteiger charge is 2.36. The number of hydrogen-bond acceptors (Lipinski definition) is 4. The zero-order valence-electron chi connectivity index (χ0n) is 19.9. The van der Waals surface area contributed by atoms with Gasteiger partial charge in [0.1, 0.15) is 0 Å². The highest BCUT2D eigenvalue weighted by Crippen LogP contribution is 2.32. The molecule has 2 aliphatic rings. The third kappa shape index (κ3) is 4.88. The SMILES string of the molecule is CCc1cccc(CC)c1N1CC(C(=O)NCc2ccc(S(=O)(=O)N3CCCC3)cc2)CC1=O. The first kappa shape index (κ1) is 24.4. The summed E-state index contributed by atoms with van der Waals surface area (Å²) in [7, 11) is -3.45. The molecule has 0 spiro atoms. The lowest BCUT2D eigenvalue weighted by molar-refractivity contribution is -0.126. The van der Waals surface area contributed by atoms with Crippen molar-refractivity contribution in [2.24, 2.45) is 5.92 Å². The molecule has 2 amide bonds. The number of sulfonamides is 1. The van der Waals surface area contributed by atoms with Gasteiger partial charge in [-0.3, -0.25) is 9.59 Å². The summed E-state index contributed by atoms with van der Waals surface area (Å²) in [6.45, 7) is 5.95. The molecule has 2 heterocycles. The van der Waals surface area contributed by atoms with Crippen LogP contribution in [0.15, 0.2) is 47.4 Å². The van der Waals surface area contributed by atoms with E-state index in [1.165, 1.54) is 4.31 Å². The van der Waals surface area contributed by atoms with Crippen LogP contribution in [-0.2, 0) is 39.0 Å². The van der Waals surface area contributed by atoms with Crippen LogP contribution >= 0.6 is 0 Å². The second-order valence-electron chi connectivity index (χ2n) is 9.01. The number of aryl methyl sites for hydroxylation is 2. The van der Waals surface area contributed by atoms with Gasteiger partial charge >= 0.3 is 0 Å². The summed E-state index contributed by atoms with van der Waals surface area (Å²) < 4.78 is 26.9. The Morgan fingerprint density at radius 2 is 1.62 bits per heavy atom. The fraction of sp³-hybridized carbons (Fsp3) is 0.462. The van der Waals surface area contributed by atoms with Crippen molar-refractivity contribution < 1.29 is 18.0 Å². The van der Waals surface area contributed by atoms with Crippen molar-refractivity contribution in [3.63, 3.8) is 0 Å². The van der Waals surface area contributed by atoms with Crippen LogP contribution in [0, 0.1) is 5.92 Å². The predicted octanol–water partition coefficient (Wildman–Crippen LogP) is 3.27. The number of benzene rings is 2. The minimum atomic E-state index is -3.45. The maximum absolute atomic E-state index is 12.9. The maximum atomic E-state index is 12.9. The van der Waals surface area contributed by atoms with E-state index in [4.69, 9.17) is 0 Å². The summed E-state index contributed by atoms with van der Waals surface area (Å²) >= 11 is 0. The standard InChI is InChI=1S/C26H33N3O4S/c1-3-20-8-7-9-21(4-2)25(20)29-18-22(16-24(29)30)26(31)27-17-19-10-12-23(13-11-19)34(32,33)28-14-5-6-15-28/h7-13,22H,3-6,14-18H2,1-2H3,(H,27,31). The number of carbonyl (C=O) groups is 2. The summed E-state index contributed by atoms with van der Waals surface area (Å²) in [5.74, 6) is -0.583. The Morgan fingerprint density at radius 3 is 2.21 bits per heavy atom. The van der Waals surface area contributed by atoms with E-state index < -0.39 is 15.9 Å². The van der Waals surface area contributed by atoms with E-state index in [1.807, 2.05) is 18.2 Å². The molecule has 34 heavy (non-hydrogen) atoms. The number of amides is 2. The number of hydrogen-bond donors (Lipinski definition) is 1. The topological polar surface area (TPSA) is 86.8 Å². The first-order valence-corrected chi connectivity index (χ1v) is 13.6. The molecule has 2 aliphatic heterocycles. The van der Waals surface area contributed by atoms with Crippen LogP contribution in [0.2, 0.25) is 0 Å². The van der Waals surface area contributed by atoms with Crippen LogP contribution in [0.25, 0.3) is 0 Å². The van der Waals surface area contributed by atoms with E-state index in [-0.39, 0.29) is 23.1 Å². The second kappa shape index (κ2) is 10.3. The van der Waals surface area contributed by atoms with E-state index in [1.54, 1.807) is 29.2 Å². The Bertz CT molecular complexity index is 1130. The van der Waals surface area contributed by atoms with Gasteiger partial charge in [0.25, 0.3) is 0 Å². The molecule has 7 nitrogen and oxygen atoms in total. The quantitative estimate of drug-likeness (QED) is 0.624. The molecule has 182 valence electrons. The molecular weight excluding hydrogens is 450 g/mol. The Morgan fingerprint density at radius 1 is 1.00 bits per heavy atom. The first-order valence-electron chi connectivity index (χ1n) is 12.1. The lowest BCUT2D eigenvalue weighted by Gasteiger charge is -2.23. The maximum Gasteiger partial charge on any atom is 0.243 e. The van der Waals surface area contributed by atoms with Gasteiger partial charge < -0.3 is 10.2 Å². The molecule has 0 aromatic heterocycles. The van der Waals surface area contributed by atoms with Gasteiger partial charge in [-0.05, 0) is 54.5 Å². The molecule has 0 aliphatic carbocycles. The third-order valence-electron chi connectivity index (χ3n) is 6.82. The molecule has 2 aromatic carbocycles. The van der Waals surface area contributed by atoms with Crippen LogP contribution in [0.3, 0.4) is 0 Å². The average Bonchev–Trinajstić information content (AvgIpc) is 3.53. The van der Waals surface area contributed by atoms with Gasteiger partial charge in [-0.25, -0.2) is 8.42 Å². The van der Waals surface area contributed by atoms with E-state index in [2.05, 4.69) is 19.2 Å². The first-order chi connectivity index (χ1) is 16.3. The van der Waals surface area contributed by atoms with Crippen LogP contribution in [0.5, 0.6) is 0 Å². The lowest BCUT2D eigenvalue weighted by atomic mass is 10.0. The van der Waals surface area contributed by atoms with Crippen LogP contribution in [0.4, 0.5) is 5.69 Å². The molecule has 1 unspecified atom stereocenters. The molecule has 0 radical (unpaired) electrons. The van der Waals surface area contributed by atoms with Gasteiger partial charge in [0.05, 0.1) is 10.8 Å². The van der Waals surface area contributed by atoms with E-state index in [9.17, 15) is 18.0 Å². The number of anilines is 1. The molecule has 1 N–H and O–H groups in total. The Labute approximate surface area is 202 Å². The van der Waals surface area contributed by atoms with Gasteiger partial charge in [0, 0.05) is 38.3 Å². The molecule has 2 saturated heterocycles. The second-order valence-corrected chi connectivity index (χ2v) is 10.9. The van der Waals surface area contributed by atoms with E-state index >= 15 is 0 Å². The summed E-state index contributed by atoms with van der Waals surface area (Å²) in [5, 5.41) is 2.93. The van der Waals surface area contributed by atoms with E-state index in [0.29, 0.717) is 26.2 Å². The smallest absolute Gasteiger partial charge is 0.243 e. The molecule has 1 atom stereocenters. The number of nitrogens with one attached hydrogen (secondary N) is 1. The zero-order chi connectivity index (χ0) is 24.3. The molecule has 0 bridgehead atoms. The zero-order valence-corrected chi connectivity index (χ0v) is 20.7. The lowest BCUT2D eigenvalue weighted by Crippen LogP contribution is -2.33. The summed E-state index contributed by atoms with van der Waals surface area (Å²) in [5.41, 5.74) is 4.03. The number of carbonyl (C=O) groups excluding carboxylic acids is 2. The molecular formula is C26H33N3O4S. The average molecular weight is 484 g/mol. The van der Waals surface area contributed by atoms with Crippen molar-refractivity contribution >= 4 is 27.5 Å². The van der Waals surface area contributed by atoms with Gasteiger partial charge in [-0.2, -0.15) is 4.31 Å². The van der Waals surface area contributed by atoms with Crippen LogP contribution in [0.1, 0.15) is 49.8 Å². The summed E-state index contributed by atoms with van der Waals surface area (Å²) in [6, 6.07) is 12.8. The largest absolute Gasteiger partial charge is 0.352 e. The molecule has 2 aromatic rings. The number of rotatable bonds is 8. The van der Waals surface area contributed by atoms with Gasteiger partial charge in [-0.15, -0.1) is 0 Å². The summed E-state index contributed by atoms with van der Waals surface area (Å²) in [4.78, 5) is 27.7. The number of para-hydroxylation sites is 1. The number of nitrogens with zero attached hydrogens (tertiary/aromatic N) is 2. The molecule has 4 rings (SSSR count). The Kier molecular flexibility index (Phi) is 7.38. The molecule has 0 saturated carbocycles. The van der Waals surface area contributed by atoms with Crippen molar-refractivity contribution in [2.75, 3.05) is 24.5 Å². The molecule has 2 fully saturated rings. The minimum Gasteiger partial charge on any atom is -0.352 e. The molecule has 8 heteroatoms. The fourth-order valence-electron chi connectivity index (χ4n) is 4.85. The fourth-order valence-corrected chi connectivity index (χ4v) is 6.37. The summed E-state index contributed by atoms with van der Waals surface area (Å²) in [6.07, 6.45) is 3.64. The minimum absolute atomic E-state index is 0.0211. The van der Waals surface area contributed by atoms with Crippen molar-refractivity contribution in [3.8, 4) is 0 Å². The Balaban J connectivity index is 1.38. The van der Waals surface area contributed by atoms with Crippen molar-refractivity contribution in [1.82, 2.24) is 9.62 Å². The normalized spacial score (nSPS) is 19.1.